The van der Waals surface area contributed by atoms with Gasteiger partial charge in [-0.3, -0.25) is 9.59 Å². The number of carbonyl (C=O) groups excluding carboxylic acids is 2. The van der Waals surface area contributed by atoms with Gasteiger partial charge in [0.2, 0.25) is 0 Å². The van der Waals surface area contributed by atoms with Crippen LogP contribution < -0.4 is 0 Å². The van der Waals surface area contributed by atoms with Gasteiger partial charge in [0.05, 0.1) is 6.42 Å². The molecule has 0 amide bonds. The molecular weight excluding hydrogens is 228 g/mol. The molecule has 0 bridgehead atoms. The predicted octanol–water partition coefficient (Wildman–Crippen LogP) is 3.09. The van der Waals surface area contributed by atoms with Gasteiger partial charge in [-0.15, -0.1) is 0 Å². The molecule has 3 heteroatoms. The summed E-state index contributed by atoms with van der Waals surface area (Å²) in [5.74, 6) is 1.78. The van der Waals surface area contributed by atoms with Gasteiger partial charge >= 0.3 is 5.97 Å². The molecule has 3 atom stereocenters. The van der Waals surface area contributed by atoms with E-state index < -0.39 is 0 Å². The molecule has 0 aromatic heterocycles. The van der Waals surface area contributed by atoms with Crippen molar-refractivity contribution in [1.82, 2.24) is 0 Å². The standard InChI is InChI=1S/C15H22O3/c1-8(2)12-7-13(17)18-15(12)14-9(3)5-6-11(14)10(4)16/h8-9,11,14H,5-7H2,1-4H3/t9-,11+,14-/m1/s1. The zero-order valence-corrected chi connectivity index (χ0v) is 11.7. The Balaban J connectivity index is 2.35. The van der Waals surface area contributed by atoms with Crippen LogP contribution in [0.5, 0.6) is 0 Å². The zero-order chi connectivity index (χ0) is 13.4. The van der Waals surface area contributed by atoms with Crippen molar-refractivity contribution in [2.45, 2.75) is 47.0 Å². The van der Waals surface area contributed by atoms with Crippen LogP contribution in [-0.4, -0.2) is 11.8 Å². The van der Waals surface area contributed by atoms with Crippen LogP contribution >= 0.6 is 0 Å². The van der Waals surface area contributed by atoms with Gasteiger partial charge in [-0.2, -0.15) is 0 Å². The number of ketones is 1. The first-order valence-corrected chi connectivity index (χ1v) is 6.85. The summed E-state index contributed by atoms with van der Waals surface area (Å²) in [7, 11) is 0. The summed E-state index contributed by atoms with van der Waals surface area (Å²) in [5, 5.41) is 0. The second kappa shape index (κ2) is 4.87. The molecule has 1 fully saturated rings. The van der Waals surface area contributed by atoms with Gasteiger partial charge in [0.15, 0.2) is 0 Å². The molecule has 0 aromatic rings. The van der Waals surface area contributed by atoms with Crippen molar-refractivity contribution in [2.24, 2.45) is 23.7 Å². The predicted molar refractivity (Wildman–Crippen MR) is 68.6 cm³/mol. The fourth-order valence-electron chi connectivity index (χ4n) is 3.33. The Kier molecular flexibility index (Phi) is 3.60. The maximum absolute atomic E-state index is 11.8. The normalized spacial score (nSPS) is 32.3. The first-order valence-electron chi connectivity index (χ1n) is 6.85. The third-order valence-corrected chi connectivity index (χ3v) is 4.38. The van der Waals surface area contributed by atoms with Crippen LogP contribution in [0.3, 0.4) is 0 Å². The number of cyclic esters (lactones) is 1. The van der Waals surface area contributed by atoms with Gasteiger partial charge in [-0.05, 0) is 37.2 Å². The Bertz CT molecular complexity index is 406. The van der Waals surface area contributed by atoms with Gasteiger partial charge in [0, 0.05) is 11.8 Å². The second-order valence-electron chi connectivity index (χ2n) is 5.99. The van der Waals surface area contributed by atoms with E-state index in [1.54, 1.807) is 6.92 Å². The molecule has 0 radical (unpaired) electrons. The molecule has 0 unspecified atom stereocenters. The van der Waals surface area contributed by atoms with E-state index in [0.29, 0.717) is 18.3 Å². The van der Waals surface area contributed by atoms with Crippen molar-refractivity contribution in [3.05, 3.63) is 11.3 Å². The lowest BCUT2D eigenvalue weighted by molar-refractivity contribution is -0.138. The molecule has 2 aliphatic rings. The van der Waals surface area contributed by atoms with E-state index in [4.69, 9.17) is 4.74 Å². The molecule has 1 saturated carbocycles. The first kappa shape index (κ1) is 13.3. The van der Waals surface area contributed by atoms with E-state index in [-0.39, 0.29) is 23.6 Å². The topological polar surface area (TPSA) is 43.4 Å². The number of Topliss-reactive ketones (excluding diaryl/α,β-unsaturated/α-hetero) is 1. The van der Waals surface area contributed by atoms with Crippen molar-refractivity contribution < 1.29 is 14.3 Å². The van der Waals surface area contributed by atoms with Crippen LogP contribution in [0.1, 0.15) is 47.0 Å². The Morgan fingerprint density at radius 1 is 1.33 bits per heavy atom. The first-order chi connectivity index (χ1) is 8.41. The van der Waals surface area contributed by atoms with E-state index in [1.807, 2.05) is 0 Å². The number of allylic oxidation sites excluding steroid dienone is 1. The van der Waals surface area contributed by atoms with E-state index >= 15 is 0 Å². The Morgan fingerprint density at radius 2 is 2.00 bits per heavy atom. The molecule has 0 aromatic carbocycles. The Morgan fingerprint density at radius 3 is 2.56 bits per heavy atom. The SMILES string of the molecule is CC(=O)[C@@H]1CC[C@@H](C)[C@H]1C1=C(C(C)C)CC(=O)O1. The average molecular weight is 250 g/mol. The molecule has 1 heterocycles. The molecule has 0 spiro atoms. The number of hydrogen-bond donors (Lipinski definition) is 0. The van der Waals surface area contributed by atoms with E-state index in [1.165, 1.54) is 0 Å². The fourth-order valence-corrected chi connectivity index (χ4v) is 3.33. The van der Waals surface area contributed by atoms with E-state index in [9.17, 15) is 9.59 Å². The molecule has 100 valence electrons. The minimum absolute atomic E-state index is 0.0367. The van der Waals surface area contributed by atoms with Crippen LogP contribution in [0, 0.1) is 23.7 Å². The highest BCUT2D eigenvalue weighted by molar-refractivity contribution is 5.81. The molecule has 1 aliphatic heterocycles. The lowest BCUT2D eigenvalue weighted by Gasteiger charge is -2.23. The number of rotatable bonds is 3. The van der Waals surface area contributed by atoms with Gasteiger partial charge in [-0.25, -0.2) is 0 Å². The summed E-state index contributed by atoms with van der Waals surface area (Å²) in [6, 6.07) is 0. The van der Waals surface area contributed by atoms with Gasteiger partial charge < -0.3 is 4.74 Å². The third-order valence-electron chi connectivity index (χ3n) is 4.38. The van der Waals surface area contributed by atoms with Crippen LogP contribution in [0.25, 0.3) is 0 Å². The molecule has 1 aliphatic carbocycles. The molecule has 18 heavy (non-hydrogen) atoms. The quantitative estimate of drug-likeness (QED) is 0.723. The van der Waals surface area contributed by atoms with Crippen LogP contribution in [0.4, 0.5) is 0 Å². The van der Waals surface area contributed by atoms with Gasteiger partial charge in [0.25, 0.3) is 0 Å². The third kappa shape index (κ3) is 2.23. The maximum atomic E-state index is 11.8. The summed E-state index contributed by atoms with van der Waals surface area (Å²) in [6.45, 7) is 7.98. The van der Waals surface area contributed by atoms with Crippen molar-refractivity contribution in [2.75, 3.05) is 0 Å². The van der Waals surface area contributed by atoms with E-state index in [0.717, 1.165) is 24.2 Å². The summed E-state index contributed by atoms with van der Waals surface area (Å²) in [4.78, 5) is 23.3. The highest BCUT2D eigenvalue weighted by atomic mass is 16.5. The number of hydrogen-bond acceptors (Lipinski definition) is 3. The van der Waals surface area contributed by atoms with Crippen molar-refractivity contribution in [3.63, 3.8) is 0 Å². The van der Waals surface area contributed by atoms with Crippen molar-refractivity contribution in [3.8, 4) is 0 Å². The molecular formula is C15H22O3. The highest BCUT2D eigenvalue weighted by Crippen LogP contribution is 2.46. The largest absolute Gasteiger partial charge is 0.431 e. The van der Waals surface area contributed by atoms with Crippen molar-refractivity contribution >= 4 is 11.8 Å². The number of ether oxygens (including phenoxy) is 1. The summed E-state index contributed by atoms with van der Waals surface area (Å²) in [6.07, 6.45) is 2.37. The van der Waals surface area contributed by atoms with Crippen LogP contribution in [0.2, 0.25) is 0 Å². The molecule has 0 saturated heterocycles. The number of esters is 1. The molecule has 3 nitrogen and oxygen atoms in total. The van der Waals surface area contributed by atoms with E-state index in [2.05, 4.69) is 20.8 Å². The number of carbonyl (C=O) groups is 2. The summed E-state index contributed by atoms with van der Waals surface area (Å²) < 4.78 is 5.46. The average Bonchev–Trinajstić information content (AvgIpc) is 2.81. The molecule has 0 N–H and O–H groups in total. The second-order valence-corrected chi connectivity index (χ2v) is 5.99. The fraction of sp³-hybridized carbons (Fsp3) is 0.733. The Labute approximate surface area is 109 Å². The lowest BCUT2D eigenvalue weighted by atomic mass is 9.83. The minimum Gasteiger partial charge on any atom is -0.431 e. The summed E-state index contributed by atoms with van der Waals surface area (Å²) >= 11 is 0. The lowest BCUT2D eigenvalue weighted by Crippen LogP contribution is -2.23. The summed E-state index contributed by atoms with van der Waals surface area (Å²) in [5.41, 5.74) is 1.10. The van der Waals surface area contributed by atoms with Crippen LogP contribution in [0.15, 0.2) is 11.3 Å². The smallest absolute Gasteiger partial charge is 0.315 e. The zero-order valence-electron chi connectivity index (χ0n) is 11.7. The van der Waals surface area contributed by atoms with Crippen molar-refractivity contribution in [1.29, 1.82) is 0 Å². The maximum Gasteiger partial charge on any atom is 0.315 e. The van der Waals surface area contributed by atoms with Crippen LogP contribution in [-0.2, 0) is 14.3 Å². The molecule has 2 rings (SSSR count). The monoisotopic (exact) mass is 250 g/mol. The highest BCUT2D eigenvalue weighted by Gasteiger charge is 2.43. The van der Waals surface area contributed by atoms with Gasteiger partial charge in [0.1, 0.15) is 11.5 Å². The minimum atomic E-state index is -0.157. The van der Waals surface area contributed by atoms with Gasteiger partial charge in [-0.1, -0.05) is 20.8 Å². The Hall–Kier alpha value is -1.12.